The number of nitrogens with one attached hydrogen (secondary N) is 2. The largest absolute Gasteiger partial charge is 0.386 e. The second-order valence-electron chi connectivity index (χ2n) is 5.65. The molecule has 0 atom stereocenters. The van der Waals surface area contributed by atoms with Crippen molar-refractivity contribution < 1.29 is 13.2 Å². The molecule has 1 amide bonds. The van der Waals surface area contributed by atoms with Crippen molar-refractivity contribution in [3.05, 3.63) is 68.9 Å². The Labute approximate surface area is 171 Å². The fourth-order valence-electron chi connectivity index (χ4n) is 2.17. The van der Waals surface area contributed by atoms with Crippen LogP contribution in [-0.2, 0) is 21.4 Å². The predicted molar refractivity (Wildman–Crippen MR) is 111 cm³/mol. The van der Waals surface area contributed by atoms with E-state index in [1.807, 2.05) is 25.1 Å². The fourth-order valence-corrected chi connectivity index (χ4v) is 3.34. The molecule has 0 saturated carbocycles. The van der Waals surface area contributed by atoms with Crippen LogP contribution in [0.15, 0.2) is 59.1 Å². The molecule has 0 aromatic heterocycles. The van der Waals surface area contributed by atoms with Crippen LogP contribution in [0.4, 0.5) is 5.69 Å². The summed E-state index contributed by atoms with van der Waals surface area (Å²) >= 11 is 2.18. The van der Waals surface area contributed by atoms with Crippen LogP contribution in [0.25, 0.3) is 0 Å². The van der Waals surface area contributed by atoms with Gasteiger partial charge in [0, 0.05) is 22.0 Å². The molecule has 0 heterocycles. The molecule has 0 spiro atoms. The highest BCUT2D eigenvalue weighted by Crippen LogP contribution is 2.18. The molecule has 0 aliphatic heterocycles. The third-order valence-corrected chi connectivity index (χ3v) is 5.21. The summed E-state index contributed by atoms with van der Waals surface area (Å²) in [6, 6.07) is 13.4. The number of rotatable bonds is 6. The van der Waals surface area contributed by atoms with Crippen molar-refractivity contribution in [2.45, 2.75) is 18.4 Å². The van der Waals surface area contributed by atoms with Gasteiger partial charge in [-0.05, 0) is 71.0 Å². The summed E-state index contributed by atoms with van der Waals surface area (Å²) in [5.41, 5.74) is 2.23. The van der Waals surface area contributed by atoms with E-state index in [-0.39, 0.29) is 10.5 Å². The lowest BCUT2D eigenvalue weighted by atomic mass is 10.2. The van der Waals surface area contributed by atoms with E-state index < -0.39 is 15.9 Å². The van der Waals surface area contributed by atoms with Gasteiger partial charge in [0.1, 0.15) is 11.6 Å². The smallest absolute Gasteiger partial charge is 0.267 e. The van der Waals surface area contributed by atoms with Gasteiger partial charge in [-0.25, -0.2) is 13.6 Å². The summed E-state index contributed by atoms with van der Waals surface area (Å²) in [5.74, 6) is -0.515. The van der Waals surface area contributed by atoms with Crippen LogP contribution in [0.2, 0.25) is 0 Å². The molecule has 0 bridgehead atoms. The number of halogens is 1. The molecule has 2 aromatic rings. The monoisotopic (exact) mass is 496 g/mol. The number of nitrogens with two attached hydrogens (primary N) is 1. The quantitative estimate of drug-likeness (QED) is 0.322. The molecule has 0 aliphatic carbocycles. The van der Waals surface area contributed by atoms with Crippen LogP contribution in [0.3, 0.4) is 0 Å². The number of nitriles is 1. The number of hydrogen-bond donors (Lipinski definition) is 3. The minimum atomic E-state index is -3.73. The molecular formula is C18H17IN4O3S. The van der Waals surface area contributed by atoms with Gasteiger partial charge in [0.15, 0.2) is 0 Å². The lowest BCUT2D eigenvalue weighted by Gasteiger charge is -2.08. The molecule has 0 fully saturated rings. The number of primary sulfonamides is 1. The summed E-state index contributed by atoms with van der Waals surface area (Å²) < 4.78 is 23.5. The zero-order valence-corrected chi connectivity index (χ0v) is 17.3. The second-order valence-corrected chi connectivity index (χ2v) is 8.46. The molecule has 27 heavy (non-hydrogen) atoms. The first kappa shape index (κ1) is 20.9. The molecule has 9 heteroatoms. The predicted octanol–water partition coefficient (Wildman–Crippen LogP) is 2.38. The number of anilines is 1. The first-order valence-corrected chi connectivity index (χ1v) is 10.4. The standard InChI is InChI=1S/C18H17IN4O3S/c1-12-8-15(19)4-7-17(12)23-18(24)14(9-20)11-22-10-13-2-5-16(6-3-13)27(21,25)26/h2-8,11,22H,10H2,1H3,(H,23,24)(H2,21,25,26)/b14-11-. The number of hydrogen-bond acceptors (Lipinski definition) is 5. The van der Waals surface area contributed by atoms with Crippen LogP contribution >= 0.6 is 22.6 Å². The first-order chi connectivity index (χ1) is 12.7. The minimum absolute atomic E-state index is 0.0202. The molecular weight excluding hydrogens is 479 g/mol. The average Bonchev–Trinajstić information content (AvgIpc) is 2.60. The molecule has 0 radical (unpaired) electrons. The van der Waals surface area contributed by atoms with Crippen molar-refractivity contribution in [2.24, 2.45) is 5.14 Å². The van der Waals surface area contributed by atoms with Gasteiger partial charge in [0.2, 0.25) is 10.0 Å². The average molecular weight is 496 g/mol. The van der Waals surface area contributed by atoms with Crippen molar-refractivity contribution in [1.29, 1.82) is 5.26 Å². The number of benzene rings is 2. The van der Waals surface area contributed by atoms with Gasteiger partial charge in [-0.15, -0.1) is 0 Å². The van der Waals surface area contributed by atoms with Gasteiger partial charge in [-0.3, -0.25) is 4.79 Å². The number of sulfonamides is 1. The Morgan fingerprint density at radius 3 is 2.48 bits per heavy atom. The lowest BCUT2D eigenvalue weighted by Crippen LogP contribution is -2.17. The molecule has 2 rings (SSSR count). The van der Waals surface area contributed by atoms with Crippen LogP contribution in [0, 0.1) is 21.8 Å². The van der Waals surface area contributed by atoms with Crippen LogP contribution in [0.1, 0.15) is 11.1 Å². The molecule has 4 N–H and O–H groups in total. The normalized spacial score (nSPS) is 11.6. The topological polar surface area (TPSA) is 125 Å². The van der Waals surface area contributed by atoms with Crippen molar-refractivity contribution in [3.63, 3.8) is 0 Å². The Hall–Kier alpha value is -2.42. The number of carbonyl (C=O) groups excluding carboxylic acids is 1. The van der Waals surface area contributed by atoms with Crippen molar-refractivity contribution in [1.82, 2.24) is 5.32 Å². The maximum atomic E-state index is 12.3. The third-order valence-electron chi connectivity index (χ3n) is 3.61. The van der Waals surface area contributed by atoms with Crippen LogP contribution in [0.5, 0.6) is 0 Å². The van der Waals surface area contributed by atoms with Gasteiger partial charge < -0.3 is 10.6 Å². The van der Waals surface area contributed by atoms with Crippen molar-refractivity contribution in [2.75, 3.05) is 5.32 Å². The highest BCUT2D eigenvalue weighted by molar-refractivity contribution is 14.1. The summed E-state index contributed by atoms with van der Waals surface area (Å²) in [5, 5.41) is 19.8. The molecule has 0 saturated heterocycles. The van der Waals surface area contributed by atoms with Gasteiger partial charge in [0.25, 0.3) is 5.91 Å². The zero-order valence-electron chi connectivity index (χ0n) is 14.4. The Kier molecular flexibility index (Phi) is 6.95. The van der Waals surface area contributed by atoms with E-state index >= 15 is 0 Å². The summed E-state index contributed by atoms with van der Waals surface area (Å²) in [6.07, 6.45) is 1.32. The Morgan fingerprint density at radius 2 is 1.93 bits per heavy atom. The highest BCUT2D eigenvalue weighted by atomic mass is 127. The zero-order chi connectivity index (χ0) is 20.0. The van der Waals surface area contributed by atoms with E-state index in [1.54, 1.807) is 18.2 Å². The van der Waals surface area contributed by atoms with E-state index in [9.17, 15) is 18.5 Å². The Bertz CT molecular complexity index is 1030. The van der Waals surface area contributed by atoms with E-state index in [0.717, 1.165) is 14.7 Å². The second kappa shape index (κ2) is 8.98. The first-order valence-electron chi connectivity index (χ1n) is 7.73. The number of nitrogens with zero attached hydrogens (tertiary/aromatic N) is 1. The van der Waals surface area contributed by atoms with Crippen LogP contribution < -0.4 is 15.8 Å². The molecule has 2 aromatic carbocycles. The fraction of sp³-hybridized carbons (Fsp3) is 0.111. The van der Waals surface area contributed by atoms with Gasteiger partial charge in [0.05, 0.1) is 4.90 Å². The van der Waals surface area contributed by atoms with Crippen molar-refractivity contribution in [3.8, 4) is 6.07 Å². The van der Waals surface area contributed by atoms with Crippen LogP contribution in [-0.4, -0.2) is 14.3 Å². The van der Waals surface area contributed by atoms with Gasteiger partial charge in [-0.2, -0.15) is 5.26 Å². The van der Waals surface area contributed by atoms with E-state index in [2.05, 4.69) is 33.2 Å². The van der Waals surface area contributed by atoms with E-state index in [0.29, 0.717) is 12.2 Å². The summed E-state index contributed by atoms with van der Waals surface area (Å²) in [7, 11) is -3.73. The number of carbonyl (C=O) groups is 1. The third kappa shape index (κ3) is 6.06. The molecule has 0 aliphatic rings. The maximum Gasteiger partial charge on any atom is 0.267 e. The van der Waals surface area contributed by atoms with Gasteiger partial charge in [-0.1, -0.05) is 12.1 Å². The summed E-state index contributed by atoms with van der Waals surface area (Å²) in [6.45, 7) is 2.18. The molecule has 0 unspecified atom stereocenters. The minimum Gasteiger partial charge on any atom is -0.386 e. The number of aryl methyl sites for hydroxylation is 1. The molecule has 140 valence electrons. The highest BCUT2D eigenvalue weighted by Gasteiger charge is 2.11. The SMILES string of the molecule is Cc1cc(I)ccc1NC(=O)/C(C#N)=C\NCc1ccc(S(N)(=O)=O)cc1. The Balaban J connectivity index is 2.01. The van der Waals surface area contributed by atoms with E-state index in [4.69, 9.17) is 5.14 Å². The lowest BCUT2D eigenvalue weighted by molar-refractivity contribution is -0.112. The summed E-state index contributed by atoms with van der Waals surface area (Å²) in [4.78, 5) is 12.3. The van der Waals surface area contributed by atoms with Gasteiger partial charge >= 0.3 is 0 Å². The van der Waals surface area contributed by atoms with E-state index in [1.165, 1.54) is 18.3 Å². The molecule has 7 nitrogen and oxygen atoms in total. The maximum absolute atomic E-state index is 12.3. The Morgan fingerprint density at radius 1 is 1.26 bits per heavy atom. The number of amides is 1. The van der Waals surface area contributed by atoms with Crippen molar-refractivity contribution >= 4 is 44.2 Å².